The molecule has 1 aliphatic carbocycles. The number of hydrogen-bond donors (Lipinski definition) is 10. The summed E-state index contributed by atoms with van der Waals surface area (Å²) in [6, 6.07) is 0. The highest BCUT2D eigenvalue weighted by molar-refractivity contribution is 7.47. The molecule has 1 saturated carbocycles. The Kier molecular flexibility index (Phi) is 64.4. The Morgan fingerprint density at radius 3 is 1.03 bits per heavy atom. The molecule has 0 radical (unpaired) electrons. The summed E-state index contributed by atoms with van der Waals surface area (Å²) in [6.45, 7) is 5.59. The first-order valence-corrected chi connectivity index (χ1v) is 48.4. The number of rotatable bonds is 76. The van der Waals surface area contributed by atoms with Gasteiger partial charge in [0.1, 0.15) is 92.6 Å². The van der Waals surface area contributed by atoms with Crippen molar-refractivity contribution in [3.05, 3.63) is 12.2 Å². The summed E-state index contributed by atoms with van der Waals surface area (Å²) in [6.07, 6.45) is 27.8. The van der Waals surface area contributed by atoms with E-state index in [2.05, 4.69) is 39.8 Å². The fourth-order valence-electron chi connectivity index (χ4n) is 15.5. The van der Waals surface area contributed by atoms with E-state index in [0.29, 0.717) is 32.1 Å². The largest absolute Gasteiger partial charge is 0.472 e. The standard InChI is InChI=1S/C90H167O25P/c1-5-9-13-17-21-25-29-33-35-37-40-43-47-51-55-59-63-74(93)107-69-72-78(97)80(99)84(103)90(111-72)114-87-85(112-76(95)65-61-57-53-49-44-39-32-28-24-20-16-12-8-4)81(100)82(101)86(113-89-83(102)79(98)77(96)71(66-91)110-89)88(87)115-116(104,105)108-68-70(67-106-73(92)62-58-54-50-46-42-38-31-27-23-19-15-11-7-3)109-75(94)64-60-56-52-48-45-41-36-34-30-26-22-18-14-10-6-2/h38,42,70-72,77-91,96-103H,5-37,39-41,43-69H2,1-4H3,(H,104,105)/b42-38-. The highest BCUT2D eigenvalue weighted by Crippen LogP contribution is 2.49. The lowest BCUT2D eigenvalue weighted by Gasteiger charge is -2.50. The molecular weight excluding hydrogens is 1510 g/mol. The van der Waals surface area contributed by atoms with Crippen molar-refractivity contribution in [1.82, 2.24) is 0 Å². The molecular formula is C90H167O25P. The van der Waals surface area contributed by atoms with E-state index in [1.54, 1.807) is 0 Å². The van der Waals surface area contributed by atoms with Gasteiger partial charge in [-0.1, -0.05) is 342 Å². The van der Waals surface area contributed by atoms with E-state index in [4.69, 9.17) is 46.9 Å². The smallest absolute Gasteiger partial charge is 0.463 e. The molecule has 0 aromatic rings. The van der Waals surface area contributed by atoms with Crippen LogP contribution in [-0.2, 0) is 70.7 Å². The van der Waals surface area contributed by atoms with Crippen molar-refractivity contribution in [3.8, 4) is 0 Å². The second kappa shape index (κ2) is 69.6. The maximum absolute atomic E-state index is 14.9. The van der Waals surface area contributed by atoms with Crippen molar-refractivity contribution >= 4 is 31.7 Å². The summed E-state index contributed by atoms with van der Waals surface area (Å²) in [5.74, 6) is -2.97. The first kappa shape index (κ1) is 107. The summed E-state index contributed by atoms with van der Waals surface area (Å²) in [4.78, 5) is 66.4. The third-order valence-electron chi connectivity index (χ3n) is 23.0. The molecule has 25 nitrogen and oxygen atoms in total. The summed E-state index contributed by atoms with van der Waals surface area (Å²) in [7, 11) is -5.80. The van der Waals surface area contributed by atoms with Gasteiger partial charge >= 0.3 is 31.7 Å². The Balaban J connectivity index is 1.91. The van der Waals surface area contributed by atoms with Gasteiger partial charge < -0.3 is 88.7 Å². The lowest BCUT2D eigenvalue weighted by atomic mass is 9.84. The molecule has 116 heavy (non-hydrogen) atoms. The van der Waals surface area contributed by atoms with Crippen molar-refractivity contribution in [2.45, 2.75) is 511 Å². The molecule has 3 aliphatic rings. The Hall–Kier alpha value is -2.79. The number of carbonyl (C=O) groups excluding carboxylic acids is 4. The highest BCUT2D eigenvalue weighted by atomic mass is 31.2. The van der Waals surface area contributed by atoms with E-state index in [9.17, 15) is 74.6 Å². The predicted molar refractivity (Wildman–Crippen MR) is 449 cm³/mol. The van der Waals surface area contributed by atoms with E-state index in [-0.39, 0.29) is 25.7 Å². The molecule has 0 amide bonds. The average molecular weight is 1680 g/mol. The molecule has 0 spiro atoms. The maximum Gasteiger partial charge on any atom is 0.472 e. The molecule has 2 heterocycles. The lowest BCUT2D eigenvalue weighted by Crippen LogP contribution is -2.70. The first-order valence-electron chi connectivity index (χ1n) is 46.9. The molecule has 10 N–H and O–H groups in total. The molecule has 2 aliphatic heterocycles. The van der Waals surface area contributed by atoms with Crippen LogP contribution in [0.4, 0.5) is 0 Å². The Morgan fingerprint density at radius 2 is 0.647 bits per heavy atom. The third kappa shape index (κ3) is 49.5. The van der Waals surface area contributed by atoms with Crippen LogP contribution in [0.3, 0.4) is 0 Å². The van der Waals surface area contributed by atoms with Crippen LogP contribution >= 0.6 is 7.82 Å². The number of allylic oxidation sites excluding steroid dienone is 2. The Morgan fingerprint density at radius 1 is 0.336 bits per heavy atom. The Bertz CT molecular complexity index is 2460. The predicted octanol–water partition coefficient (Wildman–Crippen LogP) is 17.2. The molecule has 26 heteroatoms. The van der Waals surface area contributed by atoms with Crippen LogP contribution in [0.1, 0.15) is 407 Å². The second-order valence-corrected chi connectivity index (χ2v) is 34.9. The van der Waals surface area contributed by atoms with Crippen LogP contribution in [0.25, 0.3) is 0 Å². The van der Waals surface area contributed by atoms with E-state index >= 15 is 0 Å². The van der Waals surface area contributed by atoms with Gasteiger partial charge in [-0.25, -0.2) is 4.57 Å². The zero-order valence-electron chi connectivity index (χ0n) is 72.6. The molecule has 2 saturated heterocycles. The first-order chi connectivity index (χ1) is 56.2. The van der Waals surface area contributed by atoms with Crippen LogP contribution in [0, 0.1) is 0 Å². The number of esters is 4. The van der Waals surface area contributed by atoms with Crippen molar-refractivity contribution in [3.63, 3.8) is 0 Å². The number of aliphatic hydroxyl groups excluding tert-OH is 9. The van der Waals surface area contributed by atoms with Crippen molar-refractivity contribution in [2.24, 2.45) is 0 Å². The number of phosphoric acid groups is 1. The van der Waals surface area contributed by atoms with Gasteiger partial charge in [-0.15, -0.1) is 0 Å². The number of hydrogen-bond acceptors (Lipinski definition) is 24. The third-order valence-corrected chi connectivity index (χ3v) is 24.0. The monoisotopic (exact) mass is 1680 g/mol. The molecule has 0 aromatic heterocycles. The van der Waals surface area contributed by atoms with Crippen molar-refractivity contribution in [2.75, 3.05) is 26.4 Å². The maximum atomic E-state index is 14.9. The van der Waals surface area contributed by atoms with Crippen molar-refractivity contribution < 1.29 is 122 Å². The SMILES string of the molecule is CCCCCCCC/C=C\CCCCCC(=O)OCC(COP(=O)(O)OC1C(OC2OC(CO)C(O)C(O)C2O)C(O)C(O)C(OC(=O)CCCCCCCCCCCCCCC)C1OC1OC(COC(=O)CCCCCCCCCCCCCCCCCC)C(O)C(O)C1O)OC(=O)CCCCCCCCCCCCCCCCC. The van der Waals surface area contributed by atoms with E-state index in [0.717, 1.165) is 128 Å². The second-order valence-electron chi connectivity index (χ2n) is 33.5. The van der Waals surface area contributed by atoms with Crippen LogP contribution < -0.4 is 0 Å². The van der Waals surface area contributed by atoms with Gasteiger partial charge in [0.05, 0.1) is 13.2 Å². The number of aliphatic hydroxyl groups is 9. The van der Waals surface area contributed by atoms with E-state index in [1.807, 2.05) is 0 Å². The zero-order valence-corrected chi connectivity index (χ0v) is 73.5. The summed E-state index contributed by atoms with van der Waals surface area (Å²) in [5, 5.41) is 102. The topological polar surface area (TPSA) is 380 Å². The van der Waals surface area contributed by atoms with Gasteiger partial charge in [0.25, 0.3) is 0 Å². The molecule has 0 aromatic carbocycles. The lowest BCUT2D eigenvalue weighted by molar-refractivity contribution is -0.360. The van der Waals surface area contributed by atoms with Gasteiger partial charge in [-0.3, -0.25) is 28.2 Å². The minimum atomic E-state index is -5.80. The molecule has 18 atom stereocenters. The molecule has 18 unspecified atom stereocenters. The van der Waals surface area contributed by atoms with E-state index < -0.39 is 162 Å². The zero-order chi connectivity index (χ0) is 84.7. The fraction of sp³-hybridized carbons (Fsp3) is 0.933. The Labute approximate surface area is 699 Å². The normalized spacial score (nSPS) is 25.2. The van der Waals surface area contributed by atoms with Gasteiger partial charge in [0.15, 0.2) is 24.8 Å². The molecule has 3 fully saturated rings. The highest BCUT2D eigenvalue weighted by Gasteiger charge is 2.60. The van der Waals surface area contributed by atoms with Crippen LogP contribution in [0.2, 0.25) is 0 Å². The van der Waals surface area contributed by atoms with Crippen LogP contribution in [0.5, 0.6) is 0 Å². The van der Waals surface area contributed by atoms with Crippen molar-refractivity contribution in [1.29, 1.82) is 0 Å². The van der Waals surface area contributed by atoms with E-state index in [1.165, 1.54) is 193 Å². The number of ether oxygens (including phenoxy) is 8. The van der Waals surface area contributed by atoms with Gasteiger partial charge in [0.2, 0.25) is 0 Å². The number of carbonyl (C=O) groups is 4. The minimum Gasteiger partial charge on any atom is -0.463 e. The van der Waals surface area contributed by atoms with Gasteiger partial charge in [0, 0.05) is 25.7 Å². The summed E-state index contributed by atoms with van der Waals surface area (Å²) in [5.41, 5.74) is 0. The van der Waals surface area contributed by atoms with Gasteiger partial charge in [-0.2, -0.15) is 0 Å². The molecule has 682 valence electrons. The minimum absolute atomic E-state index is 0.0167. The number of phosphoric ester groups is 1. The summed E-state index contributed by atoms with van der Waals surface area (Å²) >= 11 is 0. The van der Waals surface area contributed by atoms with Gasteiger partial charge in [-0.05, 0) is 51.4 Å². The van der Waals surface area contributed by atoms with Crippen LogP contribution in [-0.4, -0.2) is 205 Å². The quantitative estimate of drug-likeness (QED) is 0.00889. The molecule has 0 bridgehead atoms. The molecule has 3 rings (SSSR count). The summed E-state index contributed by atoms with van der Waals surface area (Å²) < 4.78 is 73.4. The van der Waals surface area contributed by atoms with Crippen LogP contribution in [0.15, 0.2) is 12.2 Å². The fourth-order valence-corrected chi connectivity index (χ4v) is 16.5. The number of unbranched alkanes of at least 4 members (excludes halogenated alkanes) is 50. The average Bonchev–Trinajstić information content (AvgIpc) is 0.754.